The third-order valence-corrected chi connectivity index (χ3v) is 2.90. The molecule has 0 aliphatic heterocycles. The molecule has 1 aromatic carbocycles. The molecule has 2 aromatic rings. The Morgan fingerprint density at radius 2 is 2.00 bits per heavy atom. The Morgan fingerprint density at radius 1 is 1.25 bits per heavy atom. The first kappa shape index (κ1) is 11.1. The largest absolute Gasteiger partial charge is 0.453 e. The topological polar surface area (TPSA) is 30.2 Å². The number of Topliss-reactive ketones (excluding diaryl/α,β-unsaturated/α-hetero) is 1. The molecule has 0 bridgehead atoms. The Morgan fingerprint density at radius 3 is 2.56 bits per heavy atom. The number of furan rings is 1. The van der Waals surface area contributed by atoms with Gasteiger partial charge in [0.05, 0.1) is 0 Å². The third-order valence-electron chi connectivity index (χ3n) is 2.41. The molecule has 0 spiro atoms. The van der Waals surface area contributed by atoms with Gasteiger partial charge in [-0.25, -0.2) is 0 Å². The number of carbonyl (C=O) groups is 1. The van der Waals surface area contributed by atoms with Gasteiger partial charge < -0.3 is 4.42 Å². The third kappa shape index (κ3) is 2.09. The lowest BCUT2D eigenvalue weighted by Crippen LogP contribution is -1.86. The molecule has 82 valence electrons. The Balaban J connectivity index is 2.46. The van der Waals surface area contributed by atoms with Crippen LogP contribution in [0.4, 0.5) is 0 Å². The van der Waals surface area contributed by atoms with Crippen LogP contribution >= 0.6 is 15.9 Å². The van der Waals surface area contributed by atoms with Gasteiger partial charge >= 0.3 is 0 Å². The molecule has 0 N–H and O–H groups in total. The van der Waals surface area contributed by atoms with E-state index in [0.717, 1.165) is 21.4 Å². The van der Waals surface area contributed by atoms with E-state index in [2.05, 4.69) is 15.9 Å². The van der Waals surface area contributed by atoms with Gasteiger partial charge in [-0.3, -0.25) is 4.79 Å². The second kappa shape index (κ2) is 4.26. The number of carbonyl (C=O) groups excluding carboxylic acids is 1. The van der Waals surface area contributed by atoms with Crippen LogP contribution < -0.4 is 0 Å². The molecule has 0 saturated carbocycles. The first-order valence-electron chi connectivity index (χ1n) is 4.95. The van der Waals surface area contributed by atoms with E-state index < -0.39 is 0 Å². The highest BCUT2D eigenvalue weighted by molar-refractivity contribution is 9.10. The van der Waals surface area contributed by atoms with Crippen molar-refractivity contribution in [1.82, 2.24) is 0 Å². The summed E-state index contributed by atoms with van der Waals surface area (Å²) in [5.41, 5.74) is 2.12. The standard InChI is InChI=1S/C13H11BrO2/c1-8-7-10(14)3-4-11(8)13-6-5-12(16-13)9(2)15/h3-7H,1-2H3. The Bertz CT molecular complexity index is 541. The smallest absolute Gasteiger partial charge is 0.194 e. The summed E-state index contributed by atoms with van der Waals surface area (Å²) in [6, 6.07) is 9.48. The van der Waals surface area contributed by atoms with Crippen LogP contribution in [0.25, 0.3) is 11.3 Å². The van der Waals surface area contributed by atoms with E-state index in [1.165, 1.54) is 6.92 Å². The van der Waals surface area contributed by atoms with Gasteiger partial charge in [-0.2, -0.15) is 0 Å². The molecular weight excluding hydrogens is 268 g/mol. The number of ketones is 1. The summed E-state index contributed by atoms with van der Waals surface area (Å²) in [6.07, 6.45) is 0. The first-order chi connectivity index (χ1) is 7.58. The molecule has 0 amide bonds. The zero-order chi connectivity index (χ0) is 11.7. The molecule has 16 heavy (non-hydrogen) atoms. The van der Waals surface area contributed by atoms with E-state index in [1.54, 1.807) is 6.07 Å². The fraction of sp³-hybridized carbons (Fsp3) is 0.154. The lowest BCUT2D eigenvalue weighted by molar-refractivity contribution is 0.0988. The summed E-state index contributed by atoms with van der Waals surface area (Å²) < 4.78 is 6.52. The first-order valence-corrected chi connectivity index (χ1v) is 5.74. The molecule has 0 fully saturated rings. The molecule has 0 radical (unpaired) electrons. The van der Waals surface area contributed by atoms with Crippen LogP contribution in [0.2, 0.25) is 0 Å². The fourth-order valence-corrected chi connectivity index (χ4v) is 2.05. The quantitative estimate of drug-likeness (QED) is 0.770. The van der Waals surface area contributed by atoms with Gasteiger partial charge in [-0.15, -0.1) is 0 Å². The average molecular weight is 279 g/mol. The van der Waals surface area contributed by atoms with Crippen molar-refractivity contribution in [3.63, 3.8) is 0 Å². The molecular formula is C13H11BrO2. The van der Waals surface area contributed by atoms with Gasteiger partial charge in [0, 0.05) is 17.0 Å². The molecule has 0 atom stereocenters. The summed E-state index contributed by atoms with van der Waals surface area (Å²) in [7, 11) is 0. The monoisotopic (exact) mass is 278 g/mol. The van der Waals surface area contributed by atoms with Gasteiger partial charge in [0.15, 0.2) is 11.5 Å². The van der Waals surface area contributed by atoms with E-state index in [1.807, 2.05) is 31.2 Å². The Hall–Kier alpha value is -1.35. The summed E-state index contributed by atoms with van der Waals surface area (Å²) in [5, 5.41) is 0. The minimum atomic E-state index is -0.0546. The van der Waals surface area contributed by atoms with Gasteiger partial charge in [-0.05, 0) is 42.8 Å². The van der Waals surface area contributed by atoms with Crippen molar-refractivity contribution in [1.29, 1.82) is 0 Å². The molecule has 0 saturated heterocycles. The van der Waals surface area contributed by atoms with Crippen molar-refractivity contribution in [2.75, 3.05) is 0 Å². The number of halogens is 1. The van der Waals surface area contributed by atoms with Crippen molar-refractivity contribution in [3.05, 3.63) is 46.1 Å². The average Bonchev–Trinajstić information content (AvgIpc) is 2.66. The normalized spacial score (nSPS) is 10.4. The highest BCUT2D eigenvalue weighted by atomic mass is 79.9. The fourth-order valence-electron chi connectivity index (χ4n) is 1.58. The van der Waals surface area contributed by atoms with Crippen LogP contribution in [-0.4, -0.2) is 5.78 Å². The molecule has 0 unspecified atom stereocenters. The van der Waals surface area contributed by atoms with Gasteiger partial charge in [-0.1, -0.05) is 15.9 Å². The minimum Gasteiger partial charge on any atom is -0.453 e. The SMILES string of the molecule is CC(=O)c1ccc(-c2ccc(Br)cc2C)o1. The molecule has 0 aliphatic rings. The van der Waals surface area contributed by atoms with Crippen molar-refractivity contribution >= 4 is 21.7 Å². The number of hydrogen-bond acceptors (Lipinski definition) is 2. The second-order valence-corrected chi connectivity index (χ2v) is 4.60. The number of rotatable bonds is 2. The summed E-state index contributed by atoms with van der Waals surface area (Å²) >= 11 is 3.41. The molecule has 0 aliphatic carbocycles. The Labute approximate surface area is 102 Å². The van der Waals surface area contributed by atoms with E-state index in [-0.39, 0.29) is 5.78 Å². The van der Waals surface area contributed by atoms with Crippen molar-refractivity contribution in [2.24, 2.45) is 0 Å². The number of benzene rings is 1. The molecule has 1 aromatic heterocycles. The van der Waals surface area contributed by atoms with Crippen LogP contribution in [0.3, 0.4) is 0 Å². The lowest BCUT2D eigenvalue weighted by atomic mass is 10.1. The van der Waals surface area contributed by atoms with Crippen molar-refractivity contribution < 1.29 is 9.21 Å². The van der Waals surface area contributed by atoms with Crippen LogP contribution in [0, 0.1) is 6.92 Å². The molecule has 3 heteroatoms. The zero-order valence-electron chi connectivity index (χ0n) is 9.08. The van der Waals surface area contributed by atoms with Crippen LogP contribution in [0.1, 0.15) is 23.0 Å². The van der Waals surface area contributed by atoms with E-state index in [0.29, 0.717) is 5.76 Å². The lowest BCUT2D eigenvalue weighted by Gasteiger charge is -2.02. The molecule has 1 heterocycles. The predicted molar refractivity (Wildman–Crippen MR) is 66.6 cm³/mol. The minimum absolute atomic E-state index is 0.0546. The van der Waals surface area contributed by atoms with E-state index >= 15 is 0 Å². The summed E-state index contributed by atoms with van der Waals surface area (Å²) in [4.78, 5) is 11.1. The van der Waals surface area contributed by atoms with E-state index in [9.17, 15) is 4.79 Å². The summed E-state index contributed by atoms with van der Waals surface area (Å²) in [6.45, 7) is 3.51. The maximum absolute atomic E-state index is 11.1. The van der Waals surface area contributed by atoms with E-state index in [4.69, 9.17) is 4.42 Å². The van der Waals surface area contributed by atoms with Gasteiger partial charge in [0.25, 0.3) is 0 Å². The zero-order valence-corrected chi connectivity index (χ0v) is 10.7. The second-order valence-electron chi connectivity index (χ2n) is 3.68. The maximum atomic E-state index is 11.1. The number of aryl methyl sites for hydroxylation is 1. The van der Waals surface area contributed by atoms with Crippen molar-refractivity contribution in [2.45, 2.75) is 13.8 Å². The van der Waals surface area contributed by atoms with Crippen LogP contribution in [0.5, 0.6) is 0 Å². The Kier molecular flexibility index (Phi) is 2.97. The van der Waals surface area contributed by atoms with Crippen molar-refractivity contribution in [3.8, 4) is 11.3 Å². The molecule has 2 rings (SSSR count). The van der Waals surface area contributed by atoms with Crippen LogP contribution in [-0.2, 0) is 0 Å². The number of hydrogen-bond donors (Lipinski definition) is 0. The maximum Gasteiger partial charge on any atom is 0.194 e. The molecule has 2 nitrogen and oxygen atoms in total. The highest BCUT2D eigenvalue weighted by Crippen LogP contribution is 2.27. The van der Waals surface area contributed by atoms with Crippen LogP contribution in [0.15, 0.2) is 39.2 Å². The van der Waals surface area contributed by atoms with Gasteiger partial charge in [0.1, 0.15) is 5.76 Å². The van der Waals surface area contributed by atoms with Gasteiger partial charge in [0.2, 0.25) is 0 Å². The summed E-state index contributed by atoms with van der Waals surface area (Å²) in [5.74, 6) is 1.08. The predicted octanol–water partition coefficient (Wildman–Crippen LogP) is 4.22. The highest BCUT2D eigenvalue weighted by Gasteiger charge is 2.09.